The number of amides is 1. The molecule has 3 rings (SSSR count). The van der Waals surface area contributed by atoms with E-state index in [1.54, 1.807) is 11.3 Å². The molecule has 2 nitrogen and oxygen atoms in total. The second-order valence-electron chi connectivity index (χ2n) is 6.11. The number of halogens is 1. The zero-order chi connectivity index (χ0) is 13.9. The van der Waals surface area contributed by atoms with E-state index >= 15 is 0 Å². The number of thiophene rings is 1. The molecular formula is C16H22ClNOS. The maximum atomic E-state index is 12.4. The van der Waals surface area contributed by atoms with E-state index in [1.165, 1.54) is 10.4 Å². The van der Waals surface area contributed by atoms with E-state index in [4.69, 9.17) is 11.6 Å². The van der Waals surface area contributed by atoms with Crippen molar-refractivity contribution in [1.82, 2.24) is 5.32 Å². The Kier molecular flexibility index (Phi) is 4.67. The number of aryl methyl sites for hydroxylation is 1. The van der Waals surface area contributed by atoms with E-state index in [-0.39, 0.29) is 11.8 Å². The largest absolute Gasteiger partial charge is 0.355 e. The van der Waals surface area contributed by atoms with Crippen LogP contribution in [0, 0.1) is 5.92 Å². The van der Waals surface area contributed by atoms with Crippen LogP contribution in [0.2, 0.25) is 0 Å². The highest BCUT2D eigenvalue weighted by atomic mass is 35.5. The molecule has 2 aliphatic rings. The summed E-state index contributed by atoms with van der Waals surface area (Å²) in [6.07, 6.45) is 7.80. The minimum Gasteiger partial charge on any atom is -0.355 e. The van der Waals surface area contributed by atoms with Gasteiger partial charge < -0.3 is 5.32 Å². The van der Waals surface area contributed by atoms with Crippen molar-refractivity contribution in [3.8, 4) is 0 Å². The van der Waals surface area contributed by atoms with Crippen molar-refractivity contribution in [2.45, 2.75) is 56.2 Å². The molecule has 0 radical (unpaired) electrons. The van der Waals surface area contributed by atoms with E-state index in [2.05, 4.69) is 16.8 Å². The molecule has 0 saturated heterocycles. The SMILES string of the molecule is O=C(NCC1CCC(Cl)CC1)C1CCCc2sccc21. The number of nitrogens with one attached hydrogen (secondary N) is 1. The fourth-order valence-corrected chi connectivity index (χ4v) is 4.69. The molecule has 4 heteroatoms. The molecule has 0 spiro atoms. The Morgan fingerprint density at radius 1 is 1.30 bits per heavy atom. The van der Waals surface area contributed by atoms with Gasteiger partial charge in [0.25, 0.3) is 0 Å². The van der Waals surface area contributed by atoms with Crippen LogP contribution >= 0.6 is 22.9 Å². The Labute approximate surface area is 129 Å². The first-order chi connectivity index (χ1) is 9.74. The van der Waals surface area contributed by atoms with Gasteiger partial charge in [-0.1, -0.05) is 0 Å². The van der Waals surface area contributed by atoms with Crippen molar-refractivity contribution < 1.29 is 4.79 Å². The van der Waals surface area contributed by atoms with Crippen molar-refractivity contribution in [2.75, 3.05) is 6.54 Å². The number of fused-ring (bicyclic) bond motifs is 1. The minimum absolute atomic E-state index is 0.0920. The zero-order valence-electron chi connectivity index (χ0n) is 11.7. The highest BCUT2D eigenvalue weighted by Gasteiger charge is 2.28. The first kappa shape index (κ1) is 14.4. The van der Waals surface area contributed by atoms with Crippen molar-refractivity contribution >= 4 is 28.8 Å². The van der Waals surface area contributed by atoms with Crippen molar-refractivity contribution in [3.63, 3.8) is 0 Å². The predicted molar refractivity (Wildman–Crippen MR) is 84.6 cm³/mol. The average Bonchev–Trinajstić information content (AvgIpc) is 2.94. The van der Waals surface area contributed by atoms with Gasteiger partial charge in [-0.05, 0) is 67.9 Å². The molecule has 1 amide bonds. The van der Waals surface area contributed by atoms with Crippen LogP contribution in [0.15, 0.2) is 11.4 Å². The fraction of sp³-hybridized carbons (Fsp3) is 0.688. The maximum absolute atomic E-state index is 12.4. The smallest absolute Gasteiger partial charge is 0.227 e. The third kappa shape index (κ3) is 3.20. The highest BCUT2D eigenvalue weighted by molar-refractivity contribution is 7.10. The summed E-state index contributed by atoms with van der Waals surface area (Å²) in [5.74, 6) is 0.950. The van der Waals surface area contributed by atoms with Crippen molar-refractivity contribution in [2.24, 2.45) is 5.92 Å². The lowest BCUT2D eigenvalue weighted by atomic mass is 9.86. The van der Waals surface area contributed by atoms with Crippen LogP contribution in [0.3, 0.4) is 0 Å². The van der Waals surface area contributed by atoms with Gasteiger partial charge in [-0.15, -0.1) is 22.9 Å². The van der Waals surface area contributed by atoms with Crippen LogP contribution < -0.4 is 5.32 Å². The minimum atomic E-state index is 0.0920. The van der Waals surface area contributed by atoms with Crippen LogP contribution in [0.4, 0.5) is 0 Å². The number of alkyl halides is 1. The lowest BCUT2D eigenvalue weighted by Gasteiger charge is -2.27. The molecule has 110 valence electrons. The van der Waals surface area contributed by atoms with Gasteiger partial charge in [0.05, 0.1) is 5.92 Å². The predicted octanol–water partition coefficient (Wildman–Crippen LogP) is 4.08. The molecule has 1 aromatic heterocycles. The number of carbonyl (C=O) groups excluding carboxylic acids is 1. The van der Waals surface area contributed by atoms with Gasteiger partial charge in [-0.3, -0.25) is 4.79 Å². The third-order valence-electron chi connectivity index (χ3n) is 4.71. The summed E-state index contributed by atoms with van der Waals surface area (Å²) >= 11 is 7.92. The molecule has 1 heterocycles. The molecule has 1 aromatic rings. The lowest BCUT2D eigenvalue weighted by molar-refractivity contribution is -0.123. The summed E-state index contributed by atoms with van der Waals surface area (Å²) in [6, 6.07) is 2.14. The van der Waals surface area contributed by atoms with Gasteiger partial charge in [0.2, 0.25) is 5.91 Å². The Bertz CT molecular complexity index is 465. The normalized spacial score (nSPS) is 29.8. The monoisotopic (exact) mass is 311 g/mol. The second kappa shape index (κ2) is 6.48. The van der Waals surface area contributed by atoms with E-state index in [0.717, 1.165) is 51.5 Å². The molecule has 2 aliphatic carbocycles. The van der Waals surface area contributed by atoms with Crippen LogP contribution in [-0.2, 0) is 11.2 Å². The van der Waals surface area contributed by atoms with Gasteiger partial charge in [-0.25, -0.2) is 0 Å². The molecule has 1 atom stereocenters. The zero-order valence-corrected chi connectivity index (χ0v) is 13.3. The van der Waals surface area contributed by atoms with Gasteiger partial charge in [0.15, 0.2) is 0 Å². The first-order valence-corrected chi connectivity index (χ1v) is 9.03. The number of hydrogen-bond donors (Lipinski definition) is 1. The molecule has 0 aromatic carbocycles. The van der Waals surface area contributed by atoms with E-state index < -0.39 is 0 Å². The Morgan fingerprint density at radius 2 is 2.10 bits per heavy atom. The molecular weight excluding hydrogens is 290 g/mol. The van der Waals surface area contributed by atoms with Crippen molar-refractivity contribution in [1.29, 1.82) is 0 Å². The number of carbonyl (C=O) groups is 1. The molecule has 0 aliphatic heterocycles. The third-order valence-corrected chi connectivity index (χ3v) is 6.14. The van der Waals surface area contributed by atoms with Gasteiger partial charge in [0, 0.05) is 16.8 Å². The highest BCUT2D eigenvalue weighted by Crippen LogP contribution is 2.35. The molecule has 0 bridgehead atoms. The van der Waals surface area contributed by atoms with Gasteiger partial charge in [-0.2, -0.15) is 0 Å². The molecule has 1 fully saturated rings. The van der Waals surface area contributed by atoms with Gasteiger partial charge in [0.1, 0.15) is 0 Å². The van der Waals surface area contributed by atoms with E-state index in [9.17, 15) is 4.79 Å². The van der Waals surface area contributed by atoms with E-state index in [0.29, 0.717) is 11.3 Å². The van der Waals surface area contributed by atoms with E-state index in [1.807, 2.05) is 0 Å². The summed E-state index contributed by atoms with van der Waals surface area (Å²) in [4.78, 5) is 13.8. The Balaban J connectivity index is 1.53. The van der Waals surface area contributed by atoms with Crippen LogP contribution in [-0.4, -0.2) is 17.8 Å². The molecule has 1 saturated carbocycles. The summed E-state index contributed by atoms with van der Waals surface area (Å²) in [5, 5.41) is 5.67. The van der Waals surface area contributed by atoms with Crippen LogP contribution in [0.5, 0.6) is 0 Å². The summed E-state index contributed by atoms with van der Waals surface area (Å²) in [5.41, 5.74) is 1.28. The summed E-state index contributed by atoms with van der Waals surface area (Å²) < 4.78 is 0. The molecule has 1 unspecified atom stereocenters. The maximum Gasteiger partial charge on any atom is 0.227 e. The topological polar surface area (TPSA) is 29.1 Å². The standard InChI is InChI=1S/C16H22ClNOS/c17-12-6-4-11(5-7-12)10-18-16(19)14-2-1-3-15-13(14)8-9-20-15/h8-9,11-12,14H,1-7,10H2,(H,18,19). The summed E-state index contributed by atoms with van der Waals surface area (Å²) in [7, 11) is 0. The Morgan fingerprint density at radius 3 is 2.90 bits per heavy atom. The Hall–Kier alpha value is -0.540. The molecule has 1 N–H and O–H groups in total. The van der Waals surface area contributed by atoms with Crippen LogP contribution in [0.25, 0.3) is 0 Å². The second-order valence-corrected chi connectivity index (χ2v) is 7.72. The number of rotatable bonds is 3. The number of hydrogen-bond acceptors (Lipinski definition) is 2. The van der Waals surface area contributed by atoms with Crippen LogP contribution in [0.1, 0.15) is 54.9 Å². The fourth-order valence-electron chi connectivity index (χ4n) is 3.45. The molecule has 20 heavy (non-hydrogen) atoms. The quantitative estimate of drug-likeness (QED) is 0.837. The van der Waals surface area contributed by atoms with Crippen molar-refractivity contribution in [3.05, 3.63) is 21.9 Å². The van der Waals surface area contributed by atoms with Gasteiger partial charge >= 0.3 is 0 Å². The summed E-state index contributed by atoms with van der Waals surface area (Å²) in [6.45, 7) is 0.832. The lowest BCUT2D eigenvalue weighted by Crippen LogP contribution is -2.35. The first-order valence-electron chi connectivity index (χ1n) is 7.72. The average molecular weight is 312 g/mol.